The Morgan fingerprint density at radius 1 is 1.08 bits per heavy atom. The highest BCUT2D eigenvalue weighted by Gasteiger charge is 2.21. The first-order chi connectivity index (χ1) is 11.8. The van der Waals surface area contributed by atoms with Gasteiger partial charge in [-0.2, -0.15) is 4.98 Å². The summed E-state index contributed by atoms with van der Waals surface area (Å²) in [5.41, 5.74) is 1.04. The zero-order chi connectivity index (χ0) is 16.6. The SMILES string of the molecule is OCCNc1nc(NC2CCCCCCC2)cc(C2CCOC2)n1. The smallest absolute Gasteiger partial charge is 0.224 e. The van der Waals surface area contributed by atoms with Crippen molar-refractivity contribution in [1.82, 2.24) is 9.97 Å². The van der Waals surface area contributed by atoms with Crippen molar-refractivity contribution >= 4 is 11.8 Å². The van der Waals surface area contributed by atoms with E-state index in [-0.39, 0.29) is 6.61 Å². The number of aromatic nitrogens is 2. The van der Waals surface area contributed by atoms with Crippen LogP contribution in [0.25, 0.3) is 0 Å². The molecule has 2 aliphatic rings. The number of hydrogen-bond donors (Lipinski definition) is 3. The quantitative estimate of drug-likeness (QED) is 0.742. The molecule has 2 fully saturated rings. The molecule has 1 aromatic rings. The molecule has 0 spiro atoms. The third-order valence-corrected chi connectivity index (χ3v) is 4.95. The van der Waals surface area contributed by atoms with Crippen LogP contribution in [0.2, 0.25) is 0 Å². The van der Waals surface area contributed by atoms with Crippen molar-refractivity contribution in [3.8, 4) is 0 Å². The van der Waals surface area contributed by atoms with Gasteiger partial charge in [0.1, 0.15) is 5.82 Å². The molecule has 1 saturated carbocycles. The molecule has 6 heteroatoms. The van der Waals surface area contributed by atoms with Crippen molar-refractivity contribution in [3.63, 3.8) is 0 Å². The molecule has 2 heterocycles. The average Bonchev–Trinajstić information content (AvgIpc) is 3.10. The summed E-state index contributed by atoms with van der Waals surface area (Å²) in [6.07, 6.45) is 10.1. The van der Waals surface area contributed by atoms with Crippen LogP contribution >= 0.6 is 0 Å². The maximum Gasteiger partial charge on any atom is 0.224 e. The topological polar surface area (TPSA) is 79.3 Å². The average molecular weight is 334 g/mol. The van der Waals surface area contributed by atoms with Gasteiger partial charge in [0, 0.05) is 31.2 Å². The van der Waals surface area contributed by atoms with E-state index < -0.39 is 0 Å². The molecule has 0 radical (unpaired) electrons. The highest BCUT2D eigenvalue weighted by atomic mass is 16.5. The zero-order valence-electron chi connectivity index (χ0n) is 14.5. The number of aliphatic hydroxyl groups excluding tert-OH is 1. The van der Waals surface area contributed by atoms with E-state index in [9.17, 15) is 0 Å². The number of nitrogens with zero attached hydrogens (tertiary/aromatic N) is 2. The van der Waals surface area contributed by atoms with Crippen LogP contribution in [0.3, 0.4) is 0 Å². The third kappa shape index (κ3) is 5.05. The predicted molar refractivity (Wildman–Crippen MR) is 95.5 cm³/mol. The van der Waals surface area contributed by atoms with Gasteiger partial charge in [-0.3, -0.25) is 0 Å². The summed E-state index contributed by atoms with van der Waals surface area (Å²) < 4.78 is 5.51. The zero-order valence-corrected chi connectivity index (χ0v) is 14.5. The van der Waals surface area contributed by atoms with Gasteiger partial charge in [-0.25, -0.2) is 4.98 Å². The molecule has 0 bridgehead atoms. The predicted octanol–water partition coefficient (Wildman–Crippen LogP) is 2.91. The second kappa shape index (κ2) is 9.18. The van der Waals surface area contributed by atoms with E-state index in [1.54, 1.807) is 0 Å². The molecule has 1 aliphatic heterocycles. The molecule has 3 N–H and O–H groups in total. The van der Waals surface area contributed by atoms with Gasteiger partial charge in [0.05, 0.1) is 18.9 Å². The van der Waals surface area contributed by atoms with Gasteiger partial charge in [-0.1, -0.05) is 32.1 Å². The van der Waals surface area contributed by atoms with Crippen LogP contribution < -0.4 is 10.6 Å². The van der Waals surface area contributed by atoms with Gasteiger partial charge >= 0.3 is 0 Å². The first-order valence-electron chi connectivity index (χ1n) is 9.43. The lowest BCUT2D eigenvalue weighted by atomic mass is 9.96. The molecule has 1 aliphatic carbocycles. The molecular formula is C18H30N4O2. The van der Waals surface area contributed by atoms with Crippen LogP contribution in [0.4, 0.5) is 11.8 Å². The van der Waals surface area contributed by atoms with E-state index in [0.717, 1.165) is 31.1 Å². The first kappa shape index (κ1) is 17.4. The molecule has 0 amide bonds. The van der Waals surface area contributed by atoms with E-state index in [4.69, 9.17) is 9.84 Å². The maximum atomic E-state index is 9.04. The Labute approximate surface area is 144 Å². The summed E-state index contributed by atoms with van der Waals surface area (Å²) in [4.78, 5) is 9.23. The molecule has 3 rings (SSSR count). The Morgan fingerprint density at radius 3 is 2.58 bits per heavy atom. The Hall–Kier alpha value is -1.40. The second-order valence-corrected chi connectivity index (χ2v) is 6.90. The van der Waals surface area contributed by atoms with Crippen molar-refractivity contribution in [2.24, 2.45) is 0 Å². The van der Waals surface area contributed by atoms with E-state index in [1.807, 2.05) is 0 Å². The summed E-state index contributed by atoms with van der Waals surface area (Å²) in [7, 11) is 0. The number of rotatable bonds is 6. The van der Waals surface area contributed by atoms with Gasteiger partial charge in [-0.05, 0) is 19.3 Å². The van der Waals surface area contributed by atoms with Crippen LogP contribution in [0.15, 0.2) is 6.07 Å². The number of aliphatic hydroxyl groups is 1. The Bertz CT molecular complexity index is 498. The van der Waals surface area contributed by atoms with Crippen LogP contribution in [0, 0.1) is 0 Å². The fourth-order valence-electron chi connectivity index (χ4n) is 3.57. The molecular weight excluding hydrogens is 304 g/mol. The number of nitrogens with one attached hydrogen (secondary N) is 2. The highest BCUT2D eigenvalue weighted by molar-refractivity contribution is 5.44. The van der Waals surface area contributed by atoms with Crippen LogP contribution in [0.5, 0.6) is 0 Å². The minimum atomic E-state index is 0.0749. The van der Waals surface area contributed by atoms with Gasteiger partial charge < -0.3 is 20.5 Å². The van der Waals surface area contributed by atoms with E-state index in [2.05, 4.69) is 26.7 Å². The fraction of sp³-hybridized carbons (Fsp3) is 0.778. The Balaban J connectivity index is 1.72. The van der Waals surface area contributed by atoms with Crippen molar-refractivity contribution in [3.05, 3.63) is 11.8 Å². The van der Waals surface area contributed by atoms with Crippen molar-refractivity contribution in [2.45, 2.75) is 63.3 Å². The fourth-order valence-corrected chi connectivity index (χ4v) is 3.57. The number of ether oxygens (including phenoxy) is 1. The van der Waals surface area contributed by atoms with Gasteiger partial charge in [0.15, 0.2) is 0 Å². The third-order valence-electron chi connectivity index (χ3n) is 4.95. The monoisotopic (exact) mass is 334 g/mol. The lowest BCUT2D eigenvalue weighted by Gasteiger charge is -2.22. The van der Waals surface area contributed by atoms with Crippen molar-refractivity contribution in [1.29, 1.82) is 0 Å². The van der Waals surface area contributed by atoms with E-state index in [1.165, 1.54) is 44.9 Å². The molecule has 0 aromatic carbocycles. The normalized spacial score (nSPS) is 22.8. The Morgan fingerprint density at radius 2 is 1.88 bits per heavy atom. The lowest BCUT2D eigenvalue weighted by molar-refractivity contribution is 0.193. The van der Waals surface area contributed by atoms with Crippen molar-refractivity contribution in [2.75, 3.05) is 37.0 Å². The summed E-state index contributed by atoms with van der Waals surface area (Å²) in [5, 5.41) is 15.8. The summed E-state index contributed by atoms with van der Waals surface area (Å²) in [5.74, 6) is 1.85. The first-order valence-corrected chi connectivity index (χ1v) is 9.43. The molecule has 24 heavy (non-hydrogen) atoms. The van der Waals surface area contributed by atoms with Crippen LogP contribution in [-0.4, -0.2) is 47.5 Å². The minimum absolute atomic E-state index is 0.0749. The highest BCUT2D eigenvalue weighted by Crippen LogP contribution is 2.27. The number of hydrogen-bond acceptors (Lipinski definition) is 6. The summed E-state index contributed by atoms with van der Waals surface area (Å²) in [6, 6.07) is 2.58. The van der Waals surface area contributed by atoms with E-state index >= 15 is 0 Å². The van der Waals surface area contributed by atoms with E-state index in [0.29, 0.717) is 24.5 Å². The van der Waals surface area contributed by atoms with Crippen LogP contribution in [-0.2, 0) is 4.74 Å². The number of anilines is 2. The molecule has 1 atom stereocenters. The molecule has 1 aromatic heterocycles. The lowest BCUT2D eigenvalue weighted by Crippen LogP contribution is -2.22. The molecule has 1 unspecified atom stereocenters. The minimum Gasteiger partial charge on any atom is -0.395 e. The molecule has 1 saturated heterocycles. The summed E-state index contributed by atoms with van der Waals surface area (Å²) in [6.45, 7) is 2.08. The molecule has 6 nitrogen and oxygen atoms in total. The molecule has 134 valence electrons. The van der Waals surface area contributed by atoms with Crippen LogP contribution in [0.1, 0.15) is 63.0 Å². The van der Waals surface area contributed by atoms with Gasteiger partial charge in [0.25, 0.3) is 0 Å². The van der Waals surface area contributed by atoms with Gasteiger partial charge in [-0.15, -0.1) is 0 Å². The standard InChI is InChI=1S/C18H30N4O2/c23-10-9-19-18-21-16(14-8-11-24-13-14)12-17(22-18)20-15-6-4-2-1-3-5-7-15/h12,14-15,23H,1-11,13H2,(H2,19,20,21,22). The van der Waals surface area contributed by atoms with Gasteiger partial charge in [0.2, 0.25) is 5.95 Å². The largest absolute Gasteiger partial charge is 0.395 e. The van der Waals surface area contributed by atoms with Crippen molar-refractivity contribution < 1.29 is 9.84 Å². The second-order valence-electron chi connectivity index (χ2n) is 6.90. The maximum absolute atomic E-state index is 9.04. The summed E-state index contributed by atoms with van der Waals surface area (Å²) >= 11 is 0. The Kier molecular flexibility index (Phi) is 6.66.